The molecule has 1 aromatic carbocycles. The van der Waals surface area contributed by atoms with Crippen LogP contribution in [0.25, 0.3) is 0 Å². The number of ether oxygens (including phenoxy) is 1. The fourth-order valence-corrected chi connectivity index (χ4v) is 2.56. The highest BCUT2D eigenvalue weighted by molar-refractivity contribution is 5.94. The summed E-state index contributed by atoms with van der Waals surface area (Å²) < 4.78 is 19.2. The van der Waals surface area contributed by atoms with Crippen molar-refractivity contribution in [2.24, 2.45) is 5.92 Å². The van der Waals surface area contributed by atoms with Gasteiger partial charge in [0.05, 0.1) is 5.69 Å². The van der Waals surface area contributed by atoms with Gasteiger partial charge in [-0.15, -0.1) is 0 Å². The van der Waals surface area contributed by atoms with Gasteiger partial charge in [-0.3, -0.25) is 4.79 Å². The Labute approximate surface area is 113 Å². The fraction of sp³-hybridized carbons (Fsp3) is 0.533. The molecule has 0 radical (unpaired) electrons. The molecular formula is C15H20FNO2. The van der Waals surface area contributed by atoms with Gasteiger partial charge < -0.3 is 9.64 Å². The summed E-state index contributed by atoms with van der Waals surface area (Å²) in [6, 6.07) is 4.74. The number of methoxy groups -OCH3 is 1. The zero-order chi connectivity index (χ0) is 13.8. The molecule has 0 unspecified atom stereocenters. The van der Waals surface area contributed by atoms with Crippen molar-refractivity contribution < 1.29 is 13.9 Å². The maximum absolute atomic E-state index is 14.0. The number of hydrogen-bond donors (Lipinski definition) is 0. The van der Waals surface area contributed by atoms with Gasteiger partial charge >= 0.3 is 0 Å². The van der Waals surface area contributed by atoms with Crippen LogP contribution in [-0.4, -0.2) is 32.6 Å². The molecule has 1 aromatic rings. The lowest BCUT2D eigenvalue weighted by molar-refractivity contribution is 0.101. The summed E-state index contributed by atoms with van der Waals surface area (Å²) in [6.07, 6.45) is 2.03. The lowest BCUT2D eigenvalue weighted by Gasteiger charge is -2.33. The minimum atomic E-state index is -0.308. The van der Waals surface area contributed by atoms with Gasteiger partial charge in [-0.05, 0) is 43.9 Å². The predicted molar refractivity (Wildman–Crippen MR) is 73.2 cm³/mol. The number of carbonyl (C=O) groups excluding carboxylic acids is 1. The first kappa shape index (κ1) is 14.0. The molecule has 1 heterocycles. The highest BCUT2D eigenvalue weighted by Crippen LogP contribution is 2.26. The van der Waals surface area contributed by atoms with Gasteiger partial charge in [0.15, 0.2) is 5.78 Å². The minimum Gasteiger partial charge on any atom is -0.384 e. The van der Waals surface area contributed by atoms with Gasteiger partial charge in [0.1, 0.15) is 5.82 Å². The van der Waals surface area contributed by atoms with Crippen molar-refractivity contribution in [1.29, 1.82) is 0 Å². The molecule has 1 aliphatic heterocycles. The third kappa shape index (κ3) is 3.32. The normalized spacial score (nSPS) is 16.7. The quantitative estimate of drug-likeness (QED) is 0.784. The lowest BCUT2D eigenvalue weighted by Crippen LogP contribution is -2.35. The number of rotatable bonds is 4. The summed E-state index contributed by atoms with van der Waals surface area (Å²) in [6.45, 7) is 3.90. The summed E-state index contributed by atoms with van der Waals surface area (Å²) in [4.78, 5) is 13.3. The van der Waals surface area contributed by atoms with E-state index in [1.54, 1.807) is 19.2 Å². The van der Waals surface area contributed by atoms with E-state index in [1.165, 1.54) is 13.0 Å². The molecule has 4 heteroatoms. The molecule has 19 heavy (non-hydrogen) atoms. The van der Waals surface area contributed by atoms with Crippen LogP contribution in [0.5, 0.6) is 0 Å². The highest BCUT2D eigenvalue weighted by atomic mass is 19.1. The Balaban J connectivity index is 2.05. The summed E-state index contributed by atoms with van der Waals surface area (Å²) in [5, 5.41) is 0. The Hall–Kier alpha value is -1.42. The molecule has 0 aromatic heterocycles. The molecule has 1 fully saturated rings. The average molecular weight is 265 g/mol. The largest absolute Gasteiger partial charge is 0.384 e. The Kier molecular flexibility index (Phi) is 4.53. The Morgan fingerprint density at radius 2 is 2.11 bits per heavy atom. The second kappa shape index (κ2) is 6.15. The minimum absolute atomic E-state index is 0.107. The van der Waals surface area contributed by atoms with Crippen LogP contribution in [0, 0.1) is 11.7 Å². The second-order valence-electron chi connectivity index (χ2n) is 5.11. The Morgan fingerprint density at radius 1 is 1.42 bits per heavy atom. The second-order valence-corrected chi connectivity index (χ2v) is 5.11. The molecular weight excluding hydrogens is 245 g/mol. The van der Waals surface area contributed by atoms with Crippen molar-refractivity contribution in [2.45, 2.75) is 19.8 Å². The van der Waals surface area contributed by atoms with Gasteiger partial charge in [0.25, 0.3) is 0 Å². The smallest absolute Gasteiger partial charge is 0.159 e. The third-order valence-electron chi connectivity index (χ3n) is 3.71. The Bertz CT molecular complexity index is 453. The zero-order valence-corrected chi connectivity index (χ0v) is 11.5. The number of halogens is 1. The molecule has 1 aliphatic rings. The molecule has 1 saturated heterocycles. The van der Waals surface area contributed by atoms with E-state index in [0.717, 1.165) is 32.5 Å². The first-order valence-electron chi connectivity index (χ1n) is 6.66. The summed E-state index contributed by atoms with van der Waals surface area (Å²) >= 11 is 0. The number of carbonyl (C=O) groups is 1. The SMILES string of the molecule is COCC1CCN(c2ccc(C(C)=O)cc2F)CC1. The monoisotopic (exact) mass is 265 g/mol. The molecule has 2 rings (SSSR count). The predicted octanol–water partition coefficient (Wildman–Crippen LogP) is 2.89. The Morgan fingerprint density at radius 3 is 2.63 bits per heavy atom. The van der Waals surface area contributed by atoms with Gasteiger partial charge in [-0.2, -0.15) is 0 Å². The number of anilines is 1. The third-order valence-corrected chi connectivity index (χ3v) is 3.71. The van der Waals surface area contributed by atoms with Crippen molar-refractivity contribution in [3.8, 4) is 0 Å². The standard InChI is InChI=1S/C15H20FNO2/c1-11(18)13-3-4-15(14(16)9-13)17-7-5-12(6-8-17)10-19-2/h3-4,9,12H,5-8,10H2,1-2H3. The van der Waals surface area contributed by atoms with Crippen molar-refractivity contribution in [3.05, 3.63) is 29.6 Å². The van der Waals surface area contributed by atoms with E-state index >= 15 is 0 Å². The molecule has 0 spiro atoms. The van der Waals surface area contributed by atoms with E-state index in [-0.39, 0.29) is 11.6 Å². The molecule has 104 valence electrons. The van der Waals surface area contributed by atoms with Crippen LogP contribution < -0.4 is 4.90 Å². The molecule has 0 amide bonds. The fourth-order valence-electron chi connectivity index (χ4n) is 2.56. The van der Waals surface area contributed by atoms with E-state index < -0.39 is 0 Å². The van der Waals surface area contributed by atoms with Crippen LogP contribution in [0.3, 0.4) is 0 Å². The first-order chi connectivity index (χ1) is 9.11. The highest BCUT2D eigenvalue weighted by Gasteiger charge is 2.21. The maximum atomic E-state index is 14.0. The molecule has 0 atom stereocenters. The van der Waals surface area contributed by atoms with Crippen LogP contribution in [0.4, 0.5) is 10.1 Å². The van der Waals surface area contributed by atoms with Crippen molar-refractivity contribution in [3.63, 3.8) is 0 Å². The molecule has 0 saturated carbocycles. The number of hydrogen-bond acceptors (Lipinski definition) is 3. The molecule has 0 bridgehead atoms. The van der Waals surface area contributed by atoms with Crippen LogP contribution >= 0.6 is 0 Å². The first-order valence-corrected chi connectivity index (χ1v) is 6.66. The molecule has 0 N–H and O–H groups in total. The topological polar surface area (TPSA) is 29.5 Å². The van der Waals surface area contributed by atoms with Crippen molar-refractivity contribution >= 4 is 11.5 Å². The molecule has 3 nitrogen and oxygen atoms in total. The lowest BCUT2D eigenvalue weighted by atomic mass is 9.97. The summed E-state index contributed by atoms with van der Waals surface area (Å²) in [7, 11) is 1.71. The number of nitrogens with zero attached hydrogens (tertiary/aromatic N) is 1. The van der Waals surface area contributed by atoms with Crippen LogP contribution in [0.1, 0.15) is 30.1 Å². The van der Waals surface area contributed by atoms with E-state index in [2.05, 4.69) is 0 Å². The van der Waals surface area contributed by atoms with Crippen molar-refractivity contribution in [2.75, 3.05) is 31.7 Å². The van der Waals surface area contributed by atoms with E-state index in [0.29, 0.717) is 17.2 Å². The van der Waals surface area contributed by atoms with Gasteiger partial charge in [-0.25, -0.2) is 4.39 Å². The van der Waals surface area contributed by atoms with Crippen molar-refractivity contribution in [1.82, 2.24) is 0 Å². The van der Waals surface area contributed by atoms with Crippen LogP contribution in [0.15, 0.2) is 18.2 Å². The zero-order valence-electron chi connectivity index (χ0n) is 11.5. The average Bonchev–Trinajstić information content (AvgIpc) is 2.40. The van der Waals surface area contributed by atoms with Gasteiger partial charge in [0.2, 0.25) is 0 Å². The summed E-state index contributed by atoms with van der Waals surface area (Å²) in [5.74, 6) is 0.156. The van der Waals surface area contributed by atoms with E-state index in [4.69, 9.17) is 4.74 Å². The number of benzene rings is 1. The number of piperidine rings is 1. The van der Waals surface area contributed by atoms with Gasteiger partial charge in [0, 0.05) is 32.4 Å². The maximum Gasteiger partial charge on any atom is 0.159 e. The van der Waals surface area contributed by atoms with Gasteiger partial charge in [-0.1, -0.05) is 0 Å². The van der Waals surface area contributed by atoms with E-state index in [9.17, 15) is 9.18 Å². The molecule has 0 aliphatic carbocycles. The summed E-state index contributed by atoms with van der Waals surface area (Å²) in [5.41, 5.74) is 1.02. The number of ketones is 1. The van der Waals surface area contributed by atoms with Crippen LogP contribution in [-0.2, 0) is 4.74 Å². The van der Waals surface area contributed by atoms with Crippen LogP contribution in [0.2, 0.25) is 0 Å². The number of Topliss-reactive ketones (excluding diaryl/α,β-unsaturated/α-hetero) is 1. The van der Waals surface area contributed by atoms with E-state index in [1.807, 2.05) is 4.90 Å².